The summed E-state index contributed by atoms with van der Waals surface area (Å²) in [5.41, 5.74) is 1.72. The lowest BCUT2D eigenvalue weighted by Gasteiger charge is -2.26. The SMILES string of the molecule is COCC(=O)N=C1SC2CS(=O)(=O)CC2N1c1cc(Cl)ccc1C. The zero-order chi connectivity index (χ0) is 17.5. The van der Waals surface area contributed by atoms with E-state index >= 15 is 0 Å². The van der Waals surface area contributed by atoms with Crippen LogP contribution in [0.5, 0.6) is 0 Å². The minimum absolute atomic E-state index is 0.0497. The van der Waals surface area contributed by atoms with Crippen LogP contribution in [0.25, 0.3) is 0 Å². The lowest BCUT2D eigenvalue weighted by molar-refractivity contribution is -0.121. The summed E-state index contributed by atoms with van der Waals surface area (Å²) in [5.74, 6) is -0.253. The first-order valence-electron chi connectivity index (χ1n) is 7.33. The number of thioether (sulfide) groups is 1. The fourth-order valence-corrected chi connectivity index (χ4v) is 7.04. The number of carbonyl (C=O) groups is 1. The first kappa shape index (κ1) is 17.7. The number of fused-ring (bicyclic) bond motifs is 1. The second-order valence-corrected chi connectivity index (χ2v) is 9.62. The molecule has 2 saturated heterocycles. The molecule has 0 radical (unpaired) electrons. The van der Waals surface area contributed by atoms with Gasteiger partial charge in [0, 0.05) is 23.1 Å². The average Bonchev–Trinajstić information content (AvgIpc) is 2.93. The fraction of sp³-hybridized carbons (Fsp3) is 0.467. The Morgan fingerprint density at radius 2 is 2.21 bits per heavy atom. The van der Waals surface area contributed by atoms with Gasteiger partial charge in [-0.15, -0.1) is 0 Å². The Morgan fingerprint density at radius 3 is 2.92 bits per heavy atom. The molecular formula is C15H17ClN2O4S2. The van der Waals surface area contributed by atoms with Crippen molar-refractivity contribution >= 4 is 50.0 Å². The van der Waals surface area contributed by atoms with E-state index in [2.05, 4.69) is 4.99 Å². The van der Waals surface area contributed by atoms with Gasteiger partial charge in [0.25, 0.3) is 5.91 Å². The fourth-order valence-electron chi connectivity index (χ4n) is 2.95. The summed E-state index contributed by atoms with van der Waals surface area (Å²) in [4.78, 5) is 17.8. The van der Waals surface area contributed by atoms with Gasteiger partial charge in [-0.25, -0.2) is 8.42 Å². The van der Waals surface area contributed by atoms with Crippen LogP contribution in [0.4, 0.5) is 5.69 Å². The molecule has 2 atom stereocenters. The minimum atomic E-state index is -3.09. The summed E-state index contributed by atoms with van der Waals surface area (Å²) in [7, 11) is -1.66. The molecule has 2 fully saturated rings. The standard InChI is InChI=1S/C15H17ClN2O4S2/c1-9-3-4-10(16)5-11(9)18-12-7-24(20,21)8-13(12)23-15(18)17-14(19)6-22-2/h3-5,12-13H,6-8H2,1-2H3. The second kappa shape index (κ2) is 6.67. The molecular weight excluding hydrogens is 372 g/mol. The molecule has 2 unspecified atom stereocenters. The van der Waals surface area contributed by atoms with E-state index < -0.39 is 15.7 Å². The highest BCUT2D eigenvalue weighted by Gasteiger charge is 2.49. The maximum Gasteiger partial charge on any atom is 0.274 e. The molecule has 0 bridgehead atoms. The maximum absolute atomic E-state index is 12.0. The molecule has 0 N–H and O–H groups in total. The first-order valence-corrected chi connectivity index (χ1v) is 10.4. The Kier molecular flexibility index (Phi) is 4.92. The third-order valence-electron chi connectivity index (χ3n) is 3.99. The van der Waals surface area contributed by atoms with Crippen LogP contribution in [-0.2, 0) is 19.4 Å². The number of sulfone groups is 1. The molecule has 9 heteroatoms. The summed E-state index contributed by atoms with van der Waals surface area (Å²) < 4.78 is 28.8. The van der Waals surface area contributed by atoms with E-state index in [-0.39, 0.29) is 29.4 Å². The van der Waals surface area contributed by atoms with Gasteiger partial charge >= 0.3 is 0 Å². The molecule has 1 amide bonds. The molecule has 0 aromatic heterocycles. The number of aryl methyl sites for hydroxylation is 1. The van der Waals surface area contributed by atoms with Crippen LogP contribution in [0.1, 0.15) is 5.56 Å². The number of halogens is 1. The molecule has 0 aliphatic carbocycles. The summed E-state index contributed by atoms with van der Waals surface area (Å²) >= 11 is 7.45. The minimum Gasteiger partial charge on any atom is -0.375 e. The number of aliphatic imine (C=N–C) groups is 1. The predicted molar refractivity (Wildman–Crippen MR) is 96.8 cm³/mol. The molecule has 2 aliphatic heterocycles. The zero-order valence-corrected chi connectivity index (χ0v) is 15.6. The van der Waals surface area contributed by atoms with Crippen molar-refractivity contribution < 1.29 is 17.9 Å². The van der Waals surface area contributed by atoms with Gasteiger partial charge in [0.2, 0.25) is 0 Å². The van der Waals surface area contributed by atoms with Gasteiger partial charge in [-0.2, -0.15) is 4.99 Å². The number of rotatable bonds is 3. The van der Waals surface area contributed by atoms with Gasteiger partial charge in [-0.05, 0) is 24.6 Å². The normalized spacial score (nSPS) is 26.8. The predicted octanol–water partition coefficient (Wildman–Crippen LogP) is 1.90. The molecule has 0 spiro atoms. The van der Waals surface area contributed by atoms with E-state index in [4.69, 9.17) is 16.3 Å². The monoisotopic (exact) mass is 388 g/mol. The van der Waals surface area contributed by atoms with Crippen molar-refractivity contribution in [3.63, 3.8) is 0 Å². The van der Waals surface area contributed by atoms with Crippen molar-refractivity contribution in [3.8, 4) is 0 Å². The number of hydrogen-bond donors (Lipinski definition) is 0. The number of methoxy groups -OCH3 is 1. The smallest absolute Gasteiger partial charge is 0.274 e. The molecule has 3 rings (SSSR count). The van der Waals surface area contributed by atoms with Crippen molar-refractivity contribution in [2.24, 2.45) is 4.99 Å². The highest BCUT2D eigenvalue weighted by molar-refractivity contribution is 8.16. The number of anilines is 1. The van der Waals surface area contributed by atoms with E-state index in [1.807, 2.05) is 17.9 Å². The van der Waals surface area contributed by atoms with Crippen LogP contribution in [0.3, 0.4) is 0 Å². The van der Waals surface area contributed by atoms with Crippen LogP contribution in [-0.4, -0.2) is 56.0 Å². The van der Waals surface area contributed by atoms with Gasteiger partial charge < -0.3 is 9.64 Å². The van der Waals surface area contributed by atoms with Crippen LogP contribution < -0.4 is 4.90 Å². The number of nitrogens with zero attached hydrogens (tertiary/aromatic N) is 2. The van der Waals surface area contributed by atoms with Crippen molar-refractivity contribution in [2.45, 2.75) is 18.2 Å². The van der Waals surface area contributed by atoms with Crippen LogP contribution in [0.15, 0.2) is 23.2 Å². The molecule has 0 saturated carbocycles. The first-order chi connectivity index (χ1) is 11.3. The summed E-state index contributed by atoms with van der Waals surface area (Å²) in [6.07, 6.45) is 0. The lowest BCUT2D eigenvalue weighted by atomic mass is 10.1. The molecule has 1 aromatic carbocycles. The molecule has 2 heterocycles. The quantitative estimate of drug-likeness (QED) is 0.787. The topological polar surface area (TPSA) is 76.0 Å². The Balaban J connectivity index is 2.04. The van der Waals surface area contributed by atoms with Gasteiger partial charge in [-0.1, -0.05) is 29.4 Å². The Hall–Kier alpha value is -1.09. The lowest BCUT2D eigenvalue weighted by Crippen LogP contribution is -2.38. The van der Waals surface area contributed by atoms with Crippen molar-refractivity contribution in [1.82, 2.24) is 0 Å². The second-order valence-electron chi connectivity index (χ2n) is 5.82. The third-order valence-corrected chi connectivity index (χ3v) is 7.43. The zero-order valence-electron chi connectivity index (χ0n) is 13.2. The van der Waals surface area contributed by atoms with E-state index in [0.29, 0.717) is 10.2 Å². The number of ether oxygens (including phenoxy) is 1. The average molecular weight is 389 g/mol. The summed E-state index contributed by atoms with van der Waals surface area (Å²) in [5, 5.41) is 0.919. The summed E-state index contributed by atoms with van der Waals surface area (Å²) in [6.45, 7) is 1.81. The van der Waals surface area contributed by atoms with E-state index in [9.17, 15) is 13.2 Å². The molecule has 130 valence electrons. The number of hydrogen-bond acceptors (Lipinski definition) is 5. The Bertz CT molecular complexity index is 810. The van der Waals surface area contributed by atoms with Crippen LogP contribution in [0.2, 0.25) is 5.02 Å². The van der Waals surface area contributed by atoms with E-state index in [1.54, 1.807) is 12.1 Å². The van der Waals surface area contributed by atoms with Gasteiger partial charge in [0.1, 0.15) is 6.61 Å². The van der Waals surface area contributed by atoms with Gasteiger partial charge in [0.15, 0.2) is 15.0 Å². The van der Waals surface area contributed by atoms with Gasteiger partial charge in [-0.3, -0.25) is 4.79 Å². The molecule has 24 heavy (non-hydrogen) atoms. The largest absolute Gasteiger partial charge is 0.375 e. The van der Waals surface area contributed by atoms with Crippen LogP contribution >= 0.6 is 23.4 Å². The number of carbonyl (C=O) groups excluding carboxylic acids is 1. The Labute approximate surface area is 150 Å². The van der Waals surface area contributed by atoms with Crippen molar-refractivity contribution in [3.05, 3.63) is 28.8 Å². The van der Waals surface area contributed by atoms with E-state index in [1.165, 1.54) is 18.9 Å². The molecule has 2 aliphatic rings. The van der Waals surface area contributed by atoms with Crippen molar-refractivity contribution in [1.29, 1.82) is 0 Å². The van der Waals surface area contributed by atoms with Gasteiger partial charge in [0.05, 0.1) is 17.5 Å². The van der Waals surface area contributed by atoms with Crippen LogP contribution in [0, 0.1) is 6.92 Å². The number of benzene rings is 1. The molecule has 6 nitrogen and oxygen atoms in total. The number of amides is 1. The summed E-state index contributed by atoms with van der Waals surface area (Å²) in [6, 6.07) is 5.18. The third kappa shape index (κ3) is 3.46. The molecule has 1 aromatic rings. The highest BCUT2D eigenvalue weighted by Crippen LogP contribution is 2.42. The number of amidine groups is 1. The van der Waals surface area contributed by atoms with Crippen molar-refractivity contribution in [2.75, 3.05) is 30.1 Å². The highest BCUT2D eigenvalue weighted by atomic mass is 35.5. The Morgan fingerprint density at radius 1 is 1.46 bits per heavy atom. The van der Waals surface area contributed by atoms with E-state index in [0.717, 1.165) is 11.3 Å². The maximum atomic E-state index is 12.0.